The predicted molar refractivity (Wildman–Crippen MR) is 78.7 cm³/mol. The Kier molecular flexibility index (Phi) is 4.72. The van der Waals surface area contributed by atoms with Crippen LogP contribution in [0.2, 0.25) is 0 Å². The van der Waals surface area contributed by atoms with Crippen LogP contribution >= 0.6 is 0 Å². The number of rotatable bonds is 6. The van der Waals surface area contributed by atoms with E-state index >= 15 is 0 Å². The normalized spacial score (nSPS) is 11.7. The van der Waals surface area contributed by atoms with Gasteiger partial charge in [0.1, 0.15) is 11.9 Å². The number of hydrogen-bond acceptors (Lipinski definition) is 3. The second kappa shape index (κ2) is 6.70. The van der Waals surface area contributed by atoms with Gasteiger partial charge < -0.3 is 9.84 Å². The van der Waals surface area contributed by atoms with Crippen LogP contribution in [0, 0.1) is 0 Å². The molecule has 0 heterocycles. The number of carbonyl (C=O) groups excluding carboxylic acids is 1. The quantitative estimate of drug-likeness (QED) is 0.828. The van der Waals surface area contributed by atoms with Gasteiger partial charge in [0.2, 0.25) is 0 Å². The van der Waals surface area contributed by atoms with E-state index in [2.05, 4.69) is 0 Å². The van der Waals surface area contributed by atoms with E-state index in [1.807, 2.05) is 18.2 Å². The van der Waals surface area contributed by atoms with Crippen molar-refractivity contribution in [3.8, 4) is 5.75 Å². The van der Waals surface area contributed by atoms with Crippen molar-refractivity contribution in [2.24, 2.45) is 0 Å². The lowest BCUT2D eigenvalue weighted by Gasteiger charge is -2.12. The lowest BCUT2D eigenvalue weighted by atomic mass is 10.0. The van der Waals surface area contributed by atoms with Crippen molar-refractivity contribution in [2.45, 2.75) is 19.4 Å². The van der Waals surface area contributed by atoms with Gasteiger partial charge in [-0.3, -0.25) is 9.59 Å². The van der Waals surface area contributed by atoms with Gasteiger partial charge in [-0.1, -0.05) is 30.3 Å². The molecule has 0 aliphatic heterocycles. The number of ether oxygens (including phenoxy) is 1. The minimum absolute atomic E-state index is 0.0549. The molecule has 4 nitrogen and oxygen atoms in total. The highest BCUT2D eigenvalue weighted by Crippen LogP contribution is 2.17. The second-order valence-corrected chi connectivity index (χ2v) is 4.75. The molecule has 0 amide bonds. The molecule has 2 rings (SSSR count). The number of carboxylic acid groups (broad SMARTS) is 1. The van der Waals surface area contributed by atoms with Crippen LogP contribution < -0.4 is 4.74 Å². The summed E-state index contributed by atoms with van der Waals surface area (Å²) in [6.07, 6.45) is -0.483. The zero-order chi connectivity index (χ0) is 15.2. The summed E-state index contributed by atoms with van der Waals surface area (Å²) in [5.74, 6) is -0.410. The van der Waals surface area contributed by atoms with E-state index in [0.29, 0.717) is 16.9 Å². The number of carbonyl (C=O) groups is 2. The van der Waals surface area contributed by atoms with Crippen LogP contribution in [0.5, 0.6) is 5.75 Å². The highest BCUT2D eigenvalue weighted by molar-refractivity contribution is 6.08. The number of ketones is 1. The second-order valence-electron chi connectivity index (χ2n) is 4.75. The Labute approximate surface area is 123 Å². The van der Waals surface area contributed by atoms with Crippen LogP contribution in [-0.4, -0.2) is 23.0 Å². The molecular formula is C17H16O4. The predicted octanol–water partition coefficient (Wildman–Crippen LogP) is 3.16. The van der Waals surface area contributed by atoms with Gasteiger partial charge in [0.15, 0.2) is 5.78 Å². The molecule has 0 radical (unpaired) electrons. The minimum Gasteiger partial charge on any atom is -0.490 e. The molecule has 0 fully saturated rings. The van der Waals surface area contributed by atoms with Crippen LogP contribution in [0.4, 0.5) is 0 Å². The Bertz CT molecular complexity index is 617. The molecule has 2 aromatic rings. The average molecular weight is 284 g/mol. The minimum atomic E-state index is -0.904. The van der Waals surface area contributed by atoms with Crippen LogP contribution in [0.25, 0.3) is 0 Å². The third-order valence-corrected chi connectivity index (χ3v) is 2.95. The highest BCUT2D eigenvalue weighted by atomic mass is 16.5. The fourth-order valence-electron chi connectivity index (χ4n) is 1.96. The Hall–Kier alpha value is -2.62. The third kappa shape index (κ3) is 4.18. The summed E-state index contributed by atoms with van der Waals surface area (Å²) in [4.78, 5) is 22.8. The van der Waals surface area contributed by atoms with E-state index in [-0.39, 0.29) is 12.2 Å². The van der Waals surface area contributed by atoms with Gasteiger partial charge in [-0.15, -0.1) is 0 Å². The zero-order valence-corrected chi connectivity index (χ0v) is 11.7. The summed E-state index contributed by atoms with van der Waals surface area (Å²) in [7, 11) is 0. The molecule has 0 aliphatic rings. The number of aliphatic carboxylic acids is 1. The number of carboxylic acids is 1. The average Bonchev–Trinajstić information content (AvgIpc) is 2.47. The molecule has 0 saturated heterocycles. The Morgan fingerprint density at radius 3 is 2.14 bits per heavy atom. The van der Waals surface area contributed by atoms with Gasteiger partial charge in [0.05, 0.1) is 6.42 Å². The SMILES string of the molecule is CC(CC(=O)O)Oc1ccc(C(=O)c2ccccc2)cc1. The summed E-state index contributed by atoms with van der Waals surface area (Å²) in [6.45, 7) is 1.69. The van der Waals surface area contributed by atoms with Crippen LogP contribution in [0.15, 0.2) is 54.6 Å². The first-order chi connectivity index (χ1) is 10.1. The molecule has 0 aliphatic carbocycles. The van der Waals surface area contributed by atoms with Crippen molar-refractivity contribution < 1.29 is 19.4 Å². The van der Waals surface area contributed by atoms with E-state index in [0.717, 1.165) is 0 Å². The summed E-state index contributed by atoms with van der Waals surface area (Å²) < 4.78 is 5.47. The van der Waals surface area contributed by atoms with E-state index in [9.17, 15) is 9.59 Å². The molecule has 0 saturated carbocycles. The molecule has 2 aromatic carbocycles. The summed E-state index contributed by atoms with van der Waals surface area (Å²) in [6, 6.07) is 15.7. The van der Waals surface area contributed by atoms with Crippen molar-refractivity contribution in [3.63, 3.8) is 0 Å². The third-order valence-electron chi connectivity index (χ3n) is 2.95. The summed E-state index contributed by atoms with van der Waals surface area (Å²) in [5, 5.41) is 8.68. The molecular weight excluding hydrogens is 268 g/mol. The largest absolute Gasteiger partial charge is 0.490 e. The standard InChI is InChI=1S/C17H16O4/c1-12(11-16(18)19)21-15-9-7-14(8-10-15)17(20)13-5-3-2-4-6-13/h2-10,12H,11H2,1H3,(H,18,19). The first kappa shape index (κ1) is 14.8. The van der Waals surface area contributed by atoms with Gasteiger partial charge in [0, 0.05) is 11.1 Å². The molecule has 108 valence electrons. The van der Waals surface area contributed by atoms with Crippen LogP contribution in [0.1, 0.15) is 29.3 Å². The fourth-order valence-corrected chi connectivity index (χ4v) is 1.96. The van der Waals surface area contributed by atoms with Gasteiger partial charge >= 0.3 is 5.97 Å². The highest BCUT2D eigenvalue weighted by Gasteiger charge is 2.11. The molecule has 21 heavy (non-hydrogen) atoms. The van der Waals surface area contributed by atoms with Gasteiger partial charge in [-0.2, -0.15) is 0 Å². The molecule has 0 bridgehead atoms. The number of benzene rings is 2. The van der Waals surface area contributed by atoms with Gasteiger partial charge in [-0.05, 0) is 31.2 Å². The Morgan fingerprint density at radius 2 is 1.57 bits per heavy atom. The summed E-state index contributed by atoms with van der Waals surface area (Å²) >= 11 is 0. The Morgan fingerprint density at radius 1 is 1.00 bits per heavy atom. The molecule has 1 unspecified atom stereocenters. The maximum Gasteiger partial charge on any atom is 0.307 e. The van der Waals surface area contributed by atoms with Crippen LogP contribution in [-0.2, 0) is 4.79 Å². The zero-order valence-electron chi connectivity index (χ0n) is 11.7. The summed E-state index contributed by atoms with van der Waals surface area (Å²) in [5.41, 5.74) is 1.20. The maximum absolute atomic E-state index is 12.2. The van der Waals surface area contributed by atoms with Crippen molar-refractivity contribution in [2.75, 3.05) is 0 Å². The van der Waals surface area contributed by atoms with Gasteiger partial charge in [0.25, 0.3) is 0 Å². The van der Waals surface area contributed by atoms with Crippen molar-refractivity contribution in [1.82, 2.24) is 0 Å². The smallest absolute Gasteiger partial charge is 0.307 e. The maximum atomic E-state index is 12.2. The van der Waals surface area contributed by atoms with E-state index < -0.39 is 12.1 Å². The van der Waals surface area contributed by atoms with E-state index in [1.54, 1.807) is 43.3 Å². The Balaban J connectivity index is 2.05. The fraction of sp³-hybridized carbons (Fsp3) is 0.176. The first-order valence-corrected chi connectivity index (χ1v) is 6.64. The van der Waals surface area contributed by atoms with E-state index in [4.69, 9.17) is 9.84 Å². The monoisotopic (exact) mass is 284 g/mol. The van der Waals surface area contributed by atoms with Gasteiger partial charge in [-0.25, -0.2) is 0 Å². The van der Waals surface area contributed by atoms with E-state index in [1.165, 1.54) is 0 Å². The van der Waals surface area contributed by atoms with Crippen LogP contribution in [0.3, 0.4) is 0 Å². The molecule has 0 spiro atoms. The molecule has 1 N–H and O–H groups in total. The first-order valence-electron chi connectivity index (χ1n) is 6.64. The number of hydrogen-bond donors (Lipinski definition) is 1. The molecule has 1 atom stereocenters. The van der Waals surface area contributed by atoms with Crippen molar-refractivity contribution in [3.05, 3.63) is 65.7 Å². The lowest BCUT2D eigenvalue weighted by molar-refractivity contribution is -0.138. The lowest BCUT2D eigenvalue weighted by Crippen LogP contribution is -2.16. The van der Waals surface area contributed by atoms with Crippen molar-refractivity contribution in [1.29, 1.82) is 0 Å². The molecule has 0 aromatic heterocycles. The van der Waals surface area contributed by atoms with Crippen molar-refractivity contribution >= 4 is 11.8 Å². The topological polar surface area (TPSA) is 63.6 Å². The molecule has 4 heteroatoms.